The van der Waals surface area contributed by atoms with Crippen molar-refractivity contribution in [3.8, 4) is 0 Å². The third kappa shape index (κ3) is 67.0. The third-order valence-electron chi connectivity index (χ3n) is 13.9. The number of carbonyl (C=O) groups is 2. The summed E-state index contributed by atoms with van der Waals surface area (Å²) >= 11 is 0. The molecule has 0 aromatic carbocycles. The zero-order valence-corrected chi connectivity index (χ0v) is 55.2. The summed E-state index contributed by atoms with van der Waals surface area (Å²) < 4.78 is 34.2. The fourth-order valence-electron chi connectivity index (χ4n) is 8.78. The van der Waals surface area contributed by atoms with Crippen LogP contribution in [0.1, 0.15) is 258 Å². The van der Waals surface area contributed by atoms with Gasteiger partial charge in [0.2, 0.25) is 0 Å². The summed E-state index contributed by atoms with van der Waals surface area (Å²) in [6.07, 6.45) is 93.5. The summed E-state index contributed by atoms with van der Waals surface area (Å²) in [4.78, 5) is 38.0. The minimum absolute atomic E-state index is 0.0442. The molecule has 0 heterocycles. The summed E-state index contributed by atoms with van der Waals surface area (Å²) in [6, 6.07) is 0. The number of ether oxygens (including phenoxy) is 2. The lowest BCUT2D eigenvalue weighted by molar-refractivity contribution is -0.870. The number of rotatable bonds is 60. The van der Waals surface area contributed by atoms with Crippen LogP contribution in [0.15, 0.2) is 146 Å². The van der Waals surface area contributed by atoms with E-state index in [1.165, 1.54) is 109 Å². The zero-order valence-electron chi connectivity index (χ0n) is 54.3. The van der Waals surface area contributed by atoms with Crippen molar-refractivity contribution in [2.24, 2.45) is 0 Å². The van der Waals surface area contributed by atoms with E-state index in [0.717, 1.165) is 116 Å². The van der Waals surface area contributed by atoms with Crippen molar-refractivity contribution in [1.29, 1.82) is 0 Å². The minimum Gasteiger partial charge on any atom is -0.756 e. The predicted octanol–water partition coefficient (Wildman–Crippen LogP) is 21.2. The average molecular weight is 1190 g/mol. The van der Waals surface area contributed by atoms with E-state index in [9.17, 15) is 19.0 Å². The Hall–Kier alpha value is -4.11. The Kier molecular flexibility index (Phi) is 60.3. The van der Waals surface area contributed by atoms with Gasteiger partial charge < -0.3 is 27.9 Å². The summed E-state index contributed by atoms with van der Waals surface area (Å²) in [7, 11) is 1.13. The molecule has 0 rings (SSSR count). The Bertz CT molecular complexity index is 1930. The van der Waals surface area contributed by atoms with Crippen LogP contribution in [-0.4, -0.2) is 70.0 Å². The van der Waals surface area contributed by atoms with Crippen LogP contribution in [-0.2, 0) is 32.7 Å². The smallest absolute Gasteiger partial charge is 0.306 e. The van der Waals surface area contributed by atoms with E-state index in [4.69, 9.17) is 18.5 Å². The molecule has 478 valence electrons. The second-order valence-electron chi connectivity index (χ2n) is 23.1. The first-order chi connectivity index (χ1) is 41.0. The maximum atomic E-state index is 12.8. The summed E-state index contributed by atoms with van der Waals surface area (Å²) in [6.45, 7) is 3.97. The topological polar surface area (TPSA) is 111 Å². The highest BCUT2D eigenvalue weighted by Crippen LogP contribution is 2.38. The van der Waals surface area contributed by atoms with Crippen molar-refractivity contribution in [3.63, 3.8) is 0 Å². The molecular weight excluding hydrogens is 1060 g/mol. The Morgan fingerprint density at radius 3 is 0.964 bits per heavy atom. The van der Waals surface area contributed by atoms with E-state index in [0.29, 0.717) is 17.4 Å². The Morgan fingerprint density at radius 2 is 0.643 bits per heavy atom. The molecule has 0 aliphatic rings. The van der Waals surface area contributed by atoms with Crippen molar-refractivity contribution in [2.45, 2.75) is 264 Å². The van der Waals surface area contributed by atoms with Crippen LogP contribution < -0.4 is 4.89 Å². The van der Waals surface area contributed by atoms with Crippen molar-refractivity contribution in [1.82, 2.24) is 0 Å². The van der Waals surface area contributed by atoms with Gasteiger partial charge in [0.15, 0.2) is 6.10 Å². The highest BCUT2D eigenvalue weighted by molar-refractivity contribution is 7.45. The molecule has 0 aliphatic heterocycles. The number of likely N-dealkylation sites (N-methyl/N-ethyl adjacent to an activating group) is 1. The number of phosphoric ester groups is 1. The van der Waals surface area contributed by atoms with Crippen LogP contribution in [0.5, 0.6) is 0 Å². The molecule has 0 amide bonds. The first-order valence-corrected chi connectivity index (χ1v) is 35.0. The quantitative estimate of drug-likeness (QED) is 0.0195. The first kappa shape index (κ1) is 79.9. The second kappa shape index (κ2) is 63.4. The number of quaternary nitrogens is 1. The Morgan fingerprint density at radius 1 is 0.369 bits per heavy atom. The molecule has 0 saturated carbocycles. The number of phosphoric acid groups is 1. The van der Waals surface area contributed by atoms with Gasteiger partial charge in [-0.15, -0.1) is 0 Å². The molecule has 0 aromatic rings. The van der Waals surface area contributed by atoms with Gasteiger partial charge in [0, 0.05) is 12.8 Å². The fraction of sp³-hybridized carbons (Fsp3) is 0.649. The fourth-order valence-corrected chi connectivity index (χ4v) is 9.51. The molecule has 10 heteroatoms. The van der Waals surface area contributed by atoms with Crippen LogP contribution in [0.2, 0.25) is 0 Å². The molecule has 0 radical (unpaired) electrons. The van der Waals surface area contributed by atoms with Gasteiger partial charge in [-0.2, -0.15) is 0 Å². The molecule has 0 N–H and O–H groups in total. The molecular formula is C74H124NO8P. The van der Waals surface area contributed by atoms with Gasteiger partial charge in [-0.05, 0) is 116 Å². The average Bonchev–Trinajstić information content (AvgIpc) is 3.60. The number of carbonyl (C=O) groups excluding carboxylic acids is 2. The zero-order chi connectivity index (χ0) is 61.2. The third-order valence-corrected chi connectivity index (χ3v) is 14.8. The minimum atomic E-state index is -4.66. The largest absolute Gasteiger partial charge is 0.756 e. The first-order valence-electron chi connectivity index (χ1n) is 33.5. The van der Waals surface area contributed by atoms with Crippen molar-refractivity contribution >= 4 is 19.8 Å². The summed E-state index contributed by atoms with van der Waals surface area (Å²) in [5, 5.41) is 0. The van der Waals surface area contributed by atoms with Crippen molar-refractivity contribution in [2.75, 3.05) is 47.5 Å². The van der Waals surface area contributed by atoms with Gasteiger partial charge in [0.05, 0.1) is 27.7 Å². The number of nitrogens with zero attached hydrogens (tertiary/aromatic N) is 1. The number of allylic oxidation sites excluding steroid dienone is 24. The SMILES string of the molecule is CC/C=C\C/C=C\C/C=C\C/C=C\C/C=C\C/C=C\C/C=C\CCCCCC(=O)OC(COC(=O)CCCCCCCCCCCCCCCCCCCCC/C=C\C/C=C\C/C=C\C/C=C\C/C=C\CC)COP(=O)([O-])OCC[N+](C)(C)C. The van der Waals surface area contributed by atoms with Gasteiger partial charge in [-0.1, -0.05) is 275 Å². The predicted molar refractivity (Wildman–Crippen MR) is 360 cm³/mol. The monoisotopic (exact) mass is 1190 g/mol. The lowest BCUT2D eigenvalue weighted by Crippen LogP contribution is -2.37. The second-order valence-corrected chi connectivity index (χ2v) is 24.5. The van der Waals surface area contributed by atoms with Crippen molar-refractivity contribution in [3.05, 3.63) is 146 Å². The maximum absolute atomic E-state index is 12.8. The molecule has 0 bridgehead atoms. The molecule has 9 nitrogen and oxygen atoms in total. The number of hydrogen-bond acceptors (Lipinski definition) is 8. The molecule has 0 aliphatic carbocycles. The van der Waals surface area contributed by atoms with E-state index in [2.05, 4.69) is 160 Å². The van der Waals surface area contributed by atoms with Gasteiger partial charge in [0.1, 0.15) is 19.8 Å². The van der Waals surface area contributed by atoms with Crippen LogP contribution in [0.25, 0.3) is 0 Å². The van der Waals surface area contributed by atoms with Crippen LogP contribution >= 0.6 is 7.82 Å². The normalized spacial score (nSPS) is 14.1. The molecule has 0 spiro atoms. The summed E-state index contributed by atoms with van der Waals surface area (Å²) in [5.41, 5.74) is 0. The van der Waals surface area contributed by atoms with Gasteiger partial charge in [-0.3, -0.25) is 14.2 Å². The van der Waals surface area contributed by atoms with Gasteiger partial charge in [-0.25, -0.2) is 0 Å². The van der Waals surface area contributed by atoms with Crippen LogP contribution in [0.4, 0.5) is 0 Å². The van der Waals surface area contributed by atoms with Crippen LogP contribution in [0, 0.1) is 0 Å². The number of hydrogen-bond donors (Lipinski definition) is 0. The van der Waals surface area contributed by atoms with E-state index >= 15 is 0 Å². The van der Waals surface area contributed by atoms with Crippen LogP contribution in [0.3, 0.4) is 0 Å². The van der Waals surface area contributed by atoms with E-state index < -0.39 is 32.5 Å². The molecule has 0 aromatic heterocycles. The Labute approximate surface area is 516 Å². The van der Waals surface area contributed by atoms with Gasteiger partial charge >= 0.3 is 11.9 Å². The molecule has 2 atom stereocenters. The highest BCUT2D eigenvalue weighted by Gasteiger charge is 2.22. The Balaban J connectivity index is 4.11. The maximum Gasteiger partial charge on any atom is 0.306 e. The van der Waals surface area contributed by atoms with Crippen molar-refractivity contribution < 1.29 is 42.1 Å². The number of unbranched alkanes of at least 4 members (excludes halogenated alkanes) is 22. The molecule has 0 fully saturated rings. The van der Waals surface area contributed by atoms with E-state index in [1.54, 1.807) is 0 Å². The lowest BCUT2D eigenvalue weighted by Gasteiger charge is -2.28. The summed E-state index contributed by atoms with van der Waals surface area (Å²) in [5.74, 6) is -0.875. The van der Waals surface area contributed by atoms with Gasteiger partial charge in [0.25, 0.3) is 7.82 Å². The molecule has 2 unspecified atom stereocenters. The lowest BCUT2D eigenvalue weighted by atomic mass is 10.0. The van der Waals surface area contributed by atoms with E-state index in [-0.39, 0.29) is 26.1 Å². The molecule has 84 heavy (non-hydrogen) atoms. The number of esters is 2. The van der Waals surface area contributed by atoms with E-state index in [1.807, 2.05) is 21.1 Å². The standard InChI is InChI=1S/C74H124NO8P/c1-6-8-10-12-14-16-18-20-22-24-26-28-30-32-33-34-35-36-37-38-39-40-41-43-44-46-48-50-52-54-56-58-60-62-64-66-73(76)80-70-72(71-82-84(78,79)81-69-68-75(3,4)5)83-74(77)67-65-63-61-59-57-55-53-51-49-47-45-42-31-29-27-25-23-21-19-17-15-13-11-9-7-2/h8-11,14-17,20-23,26-29,32-33,42,45,49,51,55,57,72H,6-7,12-13,18-19,24-25,30-31,34-41,43-44,46-48,50,52-54,56,58-71H2,1-5H3/b10-8-,11-9-,16-14-,17-15-,22-20-,23-21-,28-26-,29-27-,33-32-,45-42-,51-49-,57-55-. The highest BCUT2D eigenvalue weighted by atomic mass is 31.2. The molecule has 0 saturated heterocycles.